The van der Waals surface area contributed by atoms with Crippen LogP contribution in [-0.4, -0.2) is 28.0 Å². The van der Waals surface area contributed by atoms with Crippen LogP contribution in [0, 0.1) is 15.7 Å². The molecule has 9 nitrogen and oxygen atoms in total. The number of carbonyl (C=O) groups excluding carboxylic acids is 1. The fourth-order valence-electron chi connectivity index (χ4n) is 0.986. The van der Waals surface area contributed by atoms with Crippen molar-refractivity contribution >= 4 is 19.4 Å². The fraction of sp³-hybridized carbons (Fsp3) is 0.667. The van der Waals surface area contributed by atoms with Gasteiger partial charge in [0.2, 0.25) is 0 Å². The summed E-state index contributed by atoms with van der Waals surface area (Å²) >= 11 is 0. The molecule has 2 unspecified atom stereocenters. The van der Waals surface area contributed by atoms with Crippen LogP contribution in [0.4, 0.5) is 0 Å². The van der Waals surface area contributed by atoms with E-state index in [0.717, 1.165) is 0 Å². The summed E-state index contributed by atoms with van der Waals surface area (Å²) in [5, 5.41) is 10.4. The van der Waals surface area contributed by atoms with Gasteiger partial charge in [0.15, 0.2) is 0 Å². The molecule has 0 aliphatic rings. The normalized spacial score (nSPS) is 15.8. The third-order valence-corrected chi connectivity index (χ3v) is 2.90. The van der Waals surface area contributed by atoms with Crippen molar-refractivity contribution in [3.8, 4) is 0 Å². The topological polar surface area (TPSA) is 151 Å². The van der Waals surface area contributed by atoms with E-state index in [0.29, 0.717) is 0 Å². The predicted octanol–water partition coefficient (Wildman–Crippen LogP) is 0.712. The van der Waals surface area contributed by atoms with Crippen LogP contribution in [-0.2, 0) is 14.2 Å². The summed E-state index contributed by atoms with van der Waals surface area (Å²) in [7, 11) is -4.40. The van der Waals surface area contributed by atoms with E-state index in [4.69, 9.17) is 10.00 Å². The highest BCUT2D eigenvalue weighted by Crippen LogP contribution is 2.44. The van der Waals surface area contributed by atoms with E-state index >= 15 is 0 Å². The molecule has 0 bridgehead atoms. The van der Waals surface area contributed by atoms with Gasteiger partial charge in [0.1, 0.15) is 0 Å². The van der Waals surface area contributed by atoms with E-state index in [1.807, 2.05) is 10.1 Å². The Morgan fingerprint density at radius 3 is 2.25 bits per heavy atom. The van der Waals surface area contributed by atoms with Gasteiger partial charge >= 0.3 is 13.5 Å². The van der Waals surface area contributed by atoms with Gasteiger partial charge in [0.05, 0.1) is 12.1 Å². The number of nitrogens with zero attached hydrogens (tertiary/aromatic N) is 2. The number of carboxylic acids is 1. The molecule has 1 amide bonds. The summed E-state index contributed by atoms with van der Waals surface area (Å²) in [5.74, 6) is -3.88. The molecule has 0 rings (SSSR count). The number of amides is 1. The molecule has 0 aliphatic heterocycles. The molecule has 0 heterocycles. The van der Waals surface area contributed by atoms with Gasteiger partial charge in [-0.15, -0.1) is 9.81 Å². The average molecular weight is 252 g/mol. The summed E-state index contributed by atoms with van der Waals surface area (Å²) in [5.41, 5.74) is 0. The maximum atomic E-state index is 10.9. The molecule has 16 heavy (non-hydrogen) atoms. The Hall–Kier alpha value is -1.47. The van der Waals surface area contributed by atoms with Crippen LogP contribution in [0.3, 0.4) is 0 Å². The molecule has 90 valence electrons. The van der Waals surface area contributed by atoms with Crippen LogP contribution >= 0.6 is 7.52 Å². The van der Waals surface area contributed by atoms with Crippen LogP contribution < -0.4 is 0 Å². The van der Waals surface area contributed by atoms with Gasteiger partial charge in [-0.1, -0.05) is 0 Å². The third kappa shape index (κ3) is 5.42. The first-order chi connectivity index (χ1) is 7.32. The number of rotatable bonds is 7. The van der Waals surface area contributed by atoms with Crippen molar-refractivity contribution < 1.29 is 24.2 Å². The van der Waals surface area contributed by atoms with Gasteiger partial charge in [0, 0.05) is 16.5 Å². The summed E-state index contributed by atoms with van der Waals surface area (Å²) in [6.07, 6.45) is -1.70. The van der Waals surface area contributed by atoms with Crippen molar-refractivity contribution in [3.63, 3.8) is 0 Å². The summed E-state index contributed by atoms with van der Waals surface area (Å²) in [4.78, 5) is 51.7. The number of carbonyl (C=O) groups is 2. The van der Waals surface area contributed by atoms with Crippen molar-refractivity contribution in [1.29, 1.82) is 0 Å². The molecule has 0 saturated heterocycles. The van der Waals surface area contributed by atoms with E-state index in [-0.39, 0.29) is 6.42 Å². The lowest BCUT2D eigenvalue weighted by Gasteiger charge is -2.10. The zero-order chi connectivity index (χ0) is 12.8. The molecule has 0 radical (unpaired) electrons. The van der Waals surface area contributed by atoms with E-state index in [9.17, 15) is 24.0 Å². The highest BCUT2D eigenvalue weighted by atomic mass is 31.2. The summed E-state index contributed by atoms with van der Waals surface area (Å²) < 4.78 is 10.9. The van der Waals surface area contributed by atoms with Crippen molar-refractivity contribution in [2.24, 2.45) is 16.0 Å². The zero-order valence-electron chi connectivity index (χ0n) is 7.98. The lowest BCUT2D eigenvalue weighted by molar-refractivity contribution is -0.137. The second-order valence-corrected chi connectivity index (χ2v) is 4.85. The lowest BCUT2D eigenvalue weighted by atomic mass is 10.1. The Bertz CT molecular complexity index is 355. The SMILES string of the molecule is O=NC(=O)C(CCC(=O)O)CP(=O)(O)N=O. The summed E-state index contributed by atoms with van der Waals surface area (Å²) in [6.45, 7) is 0. The Morgan fingerprint density at radius 2 is 1.88 bits per heavy atom. The molecule has 2 atom stereocenters. The van der Waals surface area contributed by atoms with Crippen LogP contribution in [0.1, 0.15) is 12.8 Å². The zero-order valence-corrected chi connectivity index (χ0v) is 8.87. The number of nitroso groups, excluding NO2 is 2. The largest absolute Gasteiger partial charge is 0.481 e. The molecular weight excluding hydrogens is 243 g/mol. The van der Waals surface area contributed by atoms with Gasteiger partial charge in [-0.25, -0.2) is 0 Å². The molecule has 10 heteroatoms. The number of hydrogen-bond donors (Lipinski definition) is 2. The number of carboxylic acid groups (broad SMARTS) is 1. The maximum absolute atomic E-state index is 10.9. The third-order valence-electron chi connectivity index (χ3n) is 1.73. The molecule has 0 aromatic rings. The minimum atomic E-state index is -4.40. The lowest BCUT2D eigenvalue weighted by Crippen LogP contribution is -2.17. The van der Waals surface area contributed by atoms with Gasteiger partial charge in [-0.2, -0.15) is 0 Å². The van der Waals surface area contributed by atoms with E-state index in [2.05, 4.69) is 0 Å². The number of hydrogen-bond acceptors (Lipinski definition) is 5. The van der Waals surface area contributed by atoms with E-state index in [1.54, 1.807) is 0 Å². The van der Waals surface area contributed by atoms with Crippen LogP contribution in [0.2, 0.25) is 0 Å². The second kappa shape index (κ2) is 6.19. The molecule has 0 fully saturated rings. The van der Waals surface area contributed by atoms with E-state index in [1.165, 1.54) is 0 Å². The average Bonchev–Trinajstić information content (AvgIpc) is 2.22. The Kier molecular flexibility index (Phi) is 5.62. The molecule has 0 aliphatic carbocycles. The standard InChI is InChI=1S/C6H9N2O7P/c9-5(10)2-1-4(6(11)7-12)3-16(14,15)8-13/h4H,1-3H2,(H,9,10)(H,14,15). The second-order valence-electron chi connectivity index (χ2n) is 2.99. The molecular formula is C6H9N2O7P. The molecule has 0 spiro atoms. The first-order valence-electron chi connectivity index (χ1n) is 4.08. The van der Waals surface area contributed by atoms with Crippen molar-refractivity contribution in [3.05, 3.63) is 9.81 Å². The Labute approximate surface area is 89.3 Å². The van der Waals surface area contributed by atoms with Gasteiger partial charge < -0.3 is 10.00 Å². The minimum Gasteiger partial charge on any atom is -0.481 e. The summed E-state index contributed by atoms with van der Waals surface area (Å²) in [6, 6.07) is 0. The predicted molar refractivity (Wildman–Crippen MR) is 51.6 cm³/mol. The molecule has 0 saturated carbocycles. The Morgan fingerprint density at radius 1 is 1.31 bits per heavy atom. The van der Waals surface area contributed by atoms with Gasteiger partial charge in [-0.05, 0) is 6.42 Å². The van der Waals surface area contributed by atoms with Crippen molar-refractivity contribution in [1.82, 2.24) is 0 Å². The fourth-order valence-corrected chi connectivity index (χ4v) is 1.97. The maximum Gasteiger partial charge on any atom is 0.350 e. The smallest absolute Gasteiger partial charge is 0.350 e. The quantitative estimate of drug-likeness (QED) is 0.500. The highest BCUT2D eigenvalue weighted by molar-refractivity contribution is 7.56. The first-order valence-corrected chi connectivity index (χ1v) is 5.88. The molecule has 2 N–H and O–H groups in total. The minimum absolute atomic E-state index is 0.347. The molecule has 0 aromatic carbocycles. The van der Waals surface area contributed by atoms with Crippen molar-refractivity contribution in [2.75, 3.05) is 6.16 Å². The van der Waals surface area contributed by atoms with Gasteiger partial charge in [-0.3, -0.25) is 14.2 Å². The van der Waals surface area contributed by atoms with Gasteiger partial charge in [0.25, 0.3) is 5.91 Å². The van der Waals surface area contributed by atoms with Crippen LogP contribution in [0.5, 0.6) is 0 Å². The number of aliphatic carboxylic acids is 1. The molecule has 0 aromatic heterocycles. The van der Waals surface area contributed by atoms with E-state index < -0.39 is 37.9 Å². The Balaban J connectivity index is 4.61. The monoisotopic (exact) mass is 252 g/mol. The highest BCUT2D eigenvalue weighted by Gasteiger charge is 2.31. The van der Waals surface area contributed by atoms with Crippen LogP contribution in [0.25, 0.3) is 0 Å². The first kappa shape index (κ1) is 14.5. The van der Waals surface area contributed by atoms with Crippen molar-refractivity contribution in [2.45, 2.75) is 12.8 Å². The van der Waals surface area contributed by atoms with Crippen LogP contribution in [0.15, 0.2) is 10.1 Å².